The normalized spacial score (nSPS) is 25.0. The average molecular weight is 518 g/mol. The summed E-state index contributed by atoms with van der Waals surface area (Å²) in [7, 11) is 0. The van der Waals surface area contributed by atoms with E-state index in [1.54, 1.807) is 12.1 Å². The monoisotopic (exact) mass is 518 g/mol. The standard InChI is InChI=1S/C20H30N4O4.HI/c25-18-10-6-16(7-11-18)23-20(22-14-19-3-1-2-12-28-19)21-13-15-4-8-17(9-5-15)24(26)27;/h4-5,8-9,16,18-19,25H,1-3,6-7,10-14H2,(H2,21,22,23);1H. The number of aliphatic imine (C=N–C) groups is 1. The average Bonchev–Trinajstić information content (AvgIpc) is 2.72. The van der Waals surface area contributed by atoms with Crippen LogP contribution in [0.5, 0.6) is 0 Å². The second kappa shape index (κ2) is 12.3. The summed E-state index contributed by atoms with van der Waals surface area (Å²) in [6, 6.07) is 6.77. The lowest BCUT2D eigenvalue weighted by Crippen LogP contribution is -2.47. The molecule has 1 saturated carbocycles. The Balaban J connectivity index is 0.00000300. The molecule has 2 fully saturated rings. The molecule has 8 nitrogen and oxygen atoms in total. The Morgan fingerprint density at radius 1 is 1.17 bits per heavy atom. The lowest BCUT2D eigenvalue weighted by molar-refractivity contribution is -0.384. The molecule has 1 saturated heterocycles. The van der Waals surface area contributed by atoms with Crippen molar-refractivity contribution in [3.05, 3.63) is 39.9 Å². The molecule has 1 aromatic carbocycles. The summed E-state index contributed by atoms with van der Waals surface area (Å²) in [6.45, 7) is 1.96. The summed E-state index contributed by atoms with van der Waals surface area (Å²) in [6.07, 6.45) is 6.82. The minimum Gasteiger partial charge on any atom is -0.393 e. The van der Waals surface area contributed by atoms with Gasteiger partial charge < -0.3 is 20.5 Å². The molecule has 0 spiro atoms. The second-order valence-corrected chi connectivity index (χ2v) is 7.61. The zero-order chi connectivity index (χ0) is 19.8. The van der Waals surface area contributed by atoms with Gasteiger partial charge in [-0.25, -0.2) is 4.99 Å². The Morgan fingerprint density at radius 2 is 1.90 bits per heavy atom. The molecule has 1 atom stereocenters. The van der Waals surface area contributed by atoms with E-state index in [2.05, 4.69) is 15.6 Å². The molecule has 1 aliphatic heterocycles. The quantitative estimate of drug-likeness (QED) is 0.176. The number of hydrogen-bond donors (Lipinski definition) is 3. The third-order valence-corrected chi connectivity index (χ3v) is 5.38. The lowest BCUT2D eigenvalue weighted by Gasteiger charge is -2.29. The number of nitrogens with one attached hydrogen (secondary N) is 2. The van der Waals surface area contributed by atoms with Crippen molar-refractivity contribution in [2.75, 3.05) is 13.2 Å². The molecule has 162 valence electrons. The fourth-order valence-electron chi connectivity index (χ4n) is 3.64. The predicted octanol–water partition coefficient (Wildman–Crippen LogP) is 3.12. The first kappa shape index (κ1) is 23.8. The molecule has 1 aliphatic carbocycles. The van der Waals surface area contributed by atoms with Gasteiger partial charge >= 0.3 is 0 Å². The topological polar surface area (TPSA) is 109 Å². The zero-order valence-corrected chi connectivity index (χ0v) is 18.9. The Kier molecular flexibility index (Phi) is 10.1. The number of nitro groups is 1. The van der Waals surface area contributed by atoms with E-state index in [0.29, 0.717) is 19.1 Å². The Hall–Kier alpha value is -1.46. The number of nitro benzene ring substituents is 1. The molecule has 0 bridgehead atoms. The molecule has 0 aromatic heterocycles. The molecule has 29 heavy (non-hydrogen) atoms. The molecule has 1 heterocycles. The largest absolute Gasteiger partial charge is 0.393 e. The zero-order valence-electron chi connectivity index (χ0n) is 16.6. The maximum absolute atomic E-state index is 10.8. The van der Waals surface area contributed by atoms with Gasteiger partial charge in [0, 0.05) is 31.3 Å². The van der Waals surface area contributed by atoms with Gasteiger partial charge in [0.25, 0.3) is 5.69 Å². The van der Waals surface area contributed by atoms with Crippen LogP contribution in [0, 0.1) is 10.1 Å². The third-order valence-electron chi connectivity index (χ3n) is 5.38. The van der Waals surface area contributed by atoms with Crippen LogP contribution in [-0.4, -0.2) is 47.4 Å². The first-order valence-corrected chi connectivity index (χ1v) is 10.2. The number of aliphatic hydroxyl groups is 1. The summed E-state index contributed by atoms with van der Waals surface area (Å²) in [5.74, 6) is 0.730. The number of rotatable bonds is 6. The molecule has 0 amide bonds. The van der Waals surface area contributed by atoms with E-state index in [4.69, 9.17) is 4.74 Å². The molecule has 9 heteroatoms. The number of non-ortho nitro benzene ring substituents is 1. The van der Waals surface area contributed by atoms with E-state index in [1.807, 2.05) is 0 Å². The van der Waals surface area contributed by atoms with Crippen LogP contribution in [0.1, 0.15) is 50.5 Å². The van der Waals surface area contributed by atoms with Crippen LogP contribution in [0.4, 0.5) is 5.69 Å². The van der Waals surface area contributed by atoms with Crippen molar-refractivity contribution in [3.63, 3.8) is 0 Å². The molecule has 1 aromatic rings. The maximum Gasteiger partial charge on any atom is 0.269 e. The van der Waals surface area contributed by atoms with Gasteiger partial charge in [-0.1, -0.05) is 12.1 Å². The van der Waals surface area contributed by atoms with Crippen LogP contribution in [-0.2, 0) is 11.3 Å². The molecule has 1 unspecified atom stereocenters. The van der Waals surface area contributed by atoms with Crippen LogP contribution in [0.2, 0.25) is 0 Å². The minimum atomic E-state index is -0.400. The molecule has 0 radical (unpaired) electrons. The van der Waals surface area contributed by atoms with Crippen molar-refractivity contribution in [3.8, 4) is 0 Å². The van der Waals surface area contributed by atoms with E-state index in [1.165, 1.54) is 18.6 Å². The Bertz CT molecular complexity index is 657. The SMILES string of the molecule is I.O=[N+]([O-])c1ccc(CN=C(NCC2CCCCO2)NC2CCC(O)CC2)cc1. The fraction of sp³-hybridized carbons (Fsp3) is 0.650. The number of nitrogens with zero attached hydrogens (tertiary/aromatic N) is 2. The molecule has 3 N–H and O–H groups in total. The van der Waals surface area contributed by atoms with E-state index < -0.39 is 4.92 Å². The Labute approximate surface area is 188 Å². The number of ether oxygens (including phenoxy) is 1. The summed E-state index contributed by atoms with van der Waals surface area (Å²) >= 11 is 0. The van der Waals surface area contributed by atoms with Crippen molar-refractivity contribution >= 4 is 35.6 Å². The Morgan fingerprint density at radius 3 is 2.52 bits per heavy atom. The number of aliphatic hydroxyl groups excluding tert-OH is 1. The van der Waals surface area contributed by atoms with Crippen LogP contribution in [0.3, 0.4) is 0 Å². The van der Waals surface area contributed by atoms with Crippen molar-refractivity contribution in [1.29, 1.82) is 0 Å². The van der Waals surface area contributed by atoms with Gasteiger partial charge in [0.1, 0.15) is 0 Å². The number of benzene rings is 1. The van der Waals surface area contributed by atoms with Crippen molar-refractivity contribution < 1.29 is 14.8 Å². The highest BCUT2D eigenvalue weighted by atomic mass is 127. The first-order valence-electron chi connectivity index (χ1n) is 10.2. The van der Waals surface area contributed by atoms with Gasteiger partial charge in [0.2, 0.25) is 0 Å². The van der Waals surface area contributed by atoms with Crippen LogP contribution in [0.15, 0.2) is 29.3 Å². The van der Waals surface area contributed by atoms with Gasteiger partial charge in [-0.2, -0.15) is 0 Å². The maximum atomic E-state index is 10.8. The van der Waals surface area contributed by atoms with E-state index in [9.17, 15) is 15.2 Å². The van der Waals surface area contributed by atoms with Gasteiger partial charge in [0.05, 0.1) is 23.7 Å². The van der Waals surface area contributed by atoms with Crippen molar-refractivity contribution in [2.24, 2.45) is 4.99 Å². The van der Waals surface area contributed by atoms with Gasteiger partial charge in [-0.15, -0.1) is 24.0 Å². The molecular formula is C20H31IN4O4. The minimum absolute atomic E-state index is 0. The third kappa shape index (κ3) is 8.06. The summed E-state index contributed by atoms with van der Waals surface area (Å²) in [5, 5.41) is 27.4. The summed E-state index contributed by atoms with van der Waals surface area (Å²) < 4.78 is 5.79. The second-order valence-electron chi connectivity index (χ2n) is 7.61. The highest BCUT2D eigenvalue weighted by molar-refractivity contribution is 14.0. The number of hydrogen-bond acceptors (Lipinski definition) is 5. The van der Waals surface area contributed by atoms with E-state index >= 15 is 0 Å². The highest BCUT2D eigenvalue weighted by Crippen LogP contribution is 2.18. The van der Waals surface area contributed by atoms with Crippen molar-refractivity contribution in [1.82, 2.24) is 10.6 Å². The lowest BCUT2D eigenvalue weighted by atomic mass is 9.93. The van der Waals surface area contributed by atoms with Crippen LogP contribution >= 0.6 is 24.0 Å². The van der Waals surface area contributed by atoms with Gasteiger partial charge in [-0.05, 0) is 50.5 Å². The molecule has 2 aliphatic rings. The molecule has 3 rings (SSSR count). The van der Waals surface area contributed by atoms with E-state index in [0.717, 1.165) is 56.7 Å². The van der Waals surface area contributed by atoms with Gasteiger partial charge in [0.15, 0.2) is 5.96 Å². The smallest absolute Gasteiger partial charge is 0.269 e. The fourth-order valence-corrected chi connectivity index (χ4v) is 3.64. The first-order chi connectivity index (χ1) is 13.6. The number of guanidine groups is 1. The predicted molar refractivity (Wildman–Crippen MR) is 123 cm³/mol. The summed E-state index contributed by atoms with van der Waals surface area (Å²) in [4.78, 5) is 15.1. The van der Waals surface area contributed by atoms with Crippen molar-refractivity contribution in [2.45, 2.75) is 69.7 Å². The van der Waals surface area contributed by atoms with E-state index in [-0.39, 0.29) is 41.9 Å². The van der Waals surface area contributed by atoms with Gasteiger partial charge in [-0.3, -0.25) is 10.1 Å². The molecular weight excluding hydrogens is 487 g/mol. The van der Waals surface area contributed by atoms with Crippen LogP contribution < -0.4 is 10.6 Å². The van der Waals surface area contributed by atoms with Crippen LogP contribution in [0.25, 0.3) is 0 Å². The summed E-state index contributed by atoms with van der Waals surface area (Å²) in [5.41, 5.74) is 0.999. The highest BCUT2D eigenvalue weighted by Gasteiger charge is 2.21. The number of halogens is 1.